The zero-order valence-electron chi connectivity index (χ0n) is 10.3. The maximum atomic E-state index is 10.5. The standard InChI is InChI=1S/C14H22O2S/c15-13(8-7-12-6-5-11-17-12)14(16)9-3-1-2-4-10-14/h5-6,11,13,15-16H,1-4,7-10H2. The van der Waals surface area contributed by atoms with E-state index >= 15 is 0 Å². The van der Waals surface area contributed by atoms with Crippen LogP contribution in [0.4, 0.5) is 0 Å². The zero-order chi connectivity index (χ0) is 12.1. The summed E-state index contributed by atoms with van der Waals surface area (Å²) >= 11 is 1.72. The molecule has 0 amide bonds. The van der Waals surface area contributed by atoms with Crippen LogP contribution < -0.4 is 0 Å². The van der Waals surface area contributed by atoms with Gasteiger partial charge in [-0.05, 0) is 37.1 Å². The van der Waals surface area contributed by atoms with Gasteiger partial charge in [-0.15, -0.1) is 11.3 Å². The second-order valence-electron chi connectivity index (χ2n) is 5.15. The van der Waals surface area contributed by atoms with Crippen LogP contribution in [0, 0.1) is 0 Å². The fraction of sp³-hybridized carbons (Fsp3) is 0.714. The summed E-state index contributed by atoms with van der Waals surface area (Å²) in [5.74, 6) is 0. The highest BCUT2D eigenvalue weighted by molar-refractivity contribution is 7.09. The van der Waals surface area contributed by atoms with E-state index in [2.05, 4.69) is 11.4 Å². The van der Waals surface area contributed by atoms with Gasteiger partial charge in [0.25, 0.3) is 0 Å². The molecule has 3 heteroatoms. The molecule has 1 atom stereocenters. The van der Waals surface area contributed by atoms with E-state index in [4.69, 9.17) is 0 Å². The summed E-state index contributed by atoms with van der Waals surface area (Å²) in [6, 6.07) is 4.13. The second kappa shape index (κ2) is 5.98. The summed E-state index contributed by atoms with van der Waals surface area (Å²) in [5.41, 5.74) is -0.826. The third-order valence-electron chi connectivity index (χ3n) is 3.83. The van der Waals surface area contributed by atoms with E-state index in [1.165, 1.54) is 17.7 Å². The van der Waals surface area contributed by atoms with E-state index < -0.39 is 11.7 Å². The molecule has 2 N–H and O–H groups in total. The Kier molecular flexibility index (Phi) is 4.60. The number of hydrogen-bond donors (Lipinski definition) is 2. The Labute approximate surface area is 107 Å². The molecular weight excluding hydrogens is 232 g/mol. The fourth-order valence-electron chi connectivity index (χ4n) is 2.68. The molecule has 0 bridgehead atoms. The van der Waals surface area contributed by atoms with Crippen molar-refractivity contribution < 1.29 is 10.2 Å². The van der Waals surface area contributed by atoms with Crippen LogP contribution >= 0.6 is 11.3 Å². The molecule has 1 aromatic heterocycles. The number of rotatable bonds is 4. The lowest BCUT2D eigenvalue weighted by Crippen LogP contribution is -2.42. The van der Waals surface area contributed by atoms with E-state index in [1.54, 1.807) is 11.3 Å². The molecule has 2 rings (SSSR count). The Morgan fingerprint density at radius 1 is 1.24 bits per heavy atom. The number of aliphatic hydroxyl groups excluding tert-OH is 1. The van der Waals surface area contributed by atoms with Gasteiger partial charge in [0, 0.05) is 4.88 Å². The van der Waals surface area contributed by atoms with Crippen LogP contribution in [0.25, 0.3) is 0 Å². The van der Waals surface area contributed by atoms with E-state index in [-0.39, 0.29) is 0 Å². The van der Waals surface area contributed by atoms with Crippen LogP contribution in [0.1, 0.15) is 49.8 Å². The first-order valence-corrected chi connectivity index (χ1v) is 7.51. The van der Waals surface area contributed by atoms with E-state index in [9.17, 15) is 10.2 Å². The first-order valence-electron chi connectivity index (χ1n) is 6.63. The van der Waals surface area contributed by atoms with Crippen LogP contribution in [-0.2, 0) is 6.42 Å². The van der Waals surface area contributed by atoms with Crippen molar-refractivity contribution in [3.63, 3.8) is 0 Å². The van der Waals surface area contributed by atoms with Crippen molar-refractivity contribution in [1.82, 2.24) is 0 Å². The molecule has 0 aromatic carbocycles. The van der Waals surface area contributed by atoms with E-state index in [1.807, 2.05) is 6.07 Å². The molecule has 1 unspecified atom stereocenters. The van der Waals surface area contributed by atoms with Crippen molar-refractivity contribution >= 4 is 11.3 Å². The highest BCUT2D eigenvalue weighted by Crippen LogP contribution is 2.31. The normalized spacial score (nSPS) is 22.0. The Morgan fingerprint density at radius 3 is 2.53 bits per heavy atom. The van der Waals surface area contributed by atoms with Gasteiger partial charge in [0.1, 0.15) is 0 Å². The highest BCUT2D eigenvalue weighted by Gasteiger charge is 2.35. The molecular formula is C14H22O2S. The summed E-state index contributed by atoms with van der Waals surface area (Å²) in [6.07, 6.45) is 7.00. The summed E-state index contributed by atoms with van der Waals surface area (Å²) in [6.45, 7) is 0. The van der Waals surface area contributed by atoms with Crippen molar-refractivity contribution in [3.05, 3.63) is 22.4 Å². The summed E-state index contributed by atoms with van der Waals surface area (Å²) in [4.78, 5) is 1.29. The zero-order valence-corrected chi connectivity index (χ0v) is 11.1. The van der Waals surface area contributed by atoms with Gasteiger partial charge in [-0.3, -0.25) is 0 Å². The third kappa shape index (κ3) is 3.54. The molecule has 96 valence electrons. The van der Waals surface area contributed by atoms with Gasteiger partial charge in [-0.25, -0.2) is 0 Å². The number of hydrogen-bond acceptors (Lipinski definition) is 3. The Balaban J connectivity index is 1.86. The lowest BCUT2D eigenvalue weighted by atomic mass is 9.86. The smallest absolute Gasteiger partial charge is 0.0905 e. The van der Waals surface area contributed by atoms with Gasteiger partial charge >= 0.3 is 0 Å². The van der Waals surface area contributed by atoms with Crippen LogP contribution in [-0.4, -0.2) is 21.9 Å². The van der Waals surface area contributed by atoms with Crippen LogP contribution in [0.5, 0.6) is 0 Å². The topological polar surface area (TPSA) is 40.5 Å². The van der Waals surface area contributed by atoms with Gasteiger partial charge in [0.05, 0.1) is 11.7 Å². The maximum Gasteiger partial charge on any atom is 0.0905 e. The molecule has 0 aliphatic heterocycles. The molecule has 1 aromatic rings. The predicted octanol–water partition coefficient (Wildman–Crippen LogP) is 3.13. The van der Waals surface area contributed by atoms with Crippen molar-refractivity contribution in [2.75, 3.05) is 0 Å². The Bertz CT molecular complexity index is 313. The molecule has 1 aliphatic carbocycles. The molecule has 1 aliphatic rings. The predicted molar refractivity (Wildman–Crippen MR) is 71.3 cm³/mol. The highest BCUT2D eigenvalue weighted by atomic mass is 32.1. The van der Waals surface area contributed by atoms with Crippen LogP contribution in [0.15, 0.2) is 17.5 Å². The first-order chi connectivity index (χ1) is 8.21. The molecule has 2 nitrogen and oxygen atoms in total. The molecule has 1 heterocycles. The Hall–Kier alpha value is -0.380. The molecule has 0 saturated heterocycles. The minimum absolute atomic E-state index is 0.567. The lowest BCUT2D eigenvalue weighted by molar-refractivity contribution is -0.0870. The molecule has 17 heavy (non-hydrogen) atoms. The number of aryl methyl sites for hydroxylation is 1. The van der Waals surface area contributed by atoms with Gasteiger partial charge in [-0.2, -0.15) is 0 Å². The molecule has 0 spiro atoms. The first kappa shape index (κ1) is 13.1. The molecule has 1 saturated carbocycles. The van der Waals surface area contributed by atoms with E-state index in [0.29, 0.717) is 6.42 Å². The summed E-state index contributed by atoms with van der Waals surface area (Å²) in [7, 11) is 0. The minimum Gasteiger partial charge on any atom is -0.390 e. The second-order valence-corrected chi connectivity index (χ2v) is 6.18. The summed E-state index contributed by atoms with van der Waals surface area (Å²) in [5, 5.41) is 22.8. The quantitative estimate of drug-likeness (QED) is 0.810. The average Bonchev–Trinajstić information content (AvgIpc) is 2.74. The van der Waals surface area contributed by atoms with Gasteiger partial charge in [0.15, 0.2) is 0 Å². The largest absolute Gasteiger partial charge is 0.390 e. The Morgan fingerprint density at radius 2 is 1.94 bits per heavy atom. The van der Waals surface area contributed by atoms with Gasteiger partial charge in [0.2, 0.25) is 0 Å². The third-order valence-corrected chi connectivity index (χ3v) is 4.77. The maximum absolute atomic E-state index is 10.5. The SMILES string of the molecule is OC(CCc1cccs1)C1(O)CCCCCC1. The average molecular weight is 254 g/mol. The minimum atomic E-state index is -0.826. The van der Waals surface area contributed by atoms with Crippen molar-refractivity contribution in [2.24, 2.45) is 0 Å². The van der Waals surface area contributed by atoms with Crippen molar-refractivity contribution in [3.8, 4) is 0 Å². The van der Waals surface area contributed by atoms with Crippen LogP contribution in [0.3, 0.4) is 0 Å². The van der Waals surface area contributed by atoms with E-state index in [0.717, 1.165) is 32.1 Å². The lowest BCUT2D eigenvalue weighted by Gasteiger charge is -2.32. The number of aliphatic hydroxyl groups is 2. The van der Waals surface area contributed by atoms with Crippen molar-refractivity contribution in [2.45, 2.75) is 63.1 Å². The van der Waals surface area contributed by atoms with Gasteiger partial charge in [-0.1, -0.05) is 31.7 Å². The van der Waals surface area contributed by atoms with Gasteiger partial charge < -0.3 is 10.2 Å². The van der Waals surface area contributed by atoms with Crippen LogP contribution in [0.2, 0.25) is 0 Å². The van der Waals surface area contributed by atoms with Crippen molar-refractivity contribution in [1.29, 1.82) is 0 Å². The molecule has 0 radical (unpaired) electrons. The summed E-state index contributed by atoms with van der Waals surface area (Å²) < 4.78 is 0. The fourth-order valence-corrected chi connectivity index (χ4v) is 3.40. The molecule has 1 fully saturated rings. The number of thiophene rings is 1. The monoisotopic (exact) mass is 254 g/mol.